The van der Waals surface area contributed by atoms with Crippen LogP contribution < -0.4 is 5.32 Å². The first-order valence-corrected chi connectivity index (χ1v) is 9.02. The Balaban J connectivity index is 1.41. The number of rotatable bonds is 7. The number of carbonyl (C=O) groups excluding carboxylic acids is 1. The van der Waals surface area contributed by atoms with Gasteiger partial charge in [-0.1, -0.05) is 0 Å². The van der Waals surface area contributed by atoms with Crippen molar-refractivity contribution in [1.29, 1.82) is 0 Å². The van der Waals surface area contributed by atoms with Crippen LogP contribution in [0.15, 0.2) is 36.7 Å². The number of aromatic nitrogens is 2. The third-order valence-corrected chi connectivity index (χ3v) is 4.56. The summed E-state index contributed by atoms with van der Waals surface area (Å²) in [5.74, 6) is -0.282. The van der Waals surface area contributed by atoms with Crippen LogP contribution in [-0.2, 0) is 11.3 Å². The molecule has 2 heterocycles. The molecule has 1 aromatic carbocycles. The lowest BCUT2D eigenvalue weighted by molar-refractivity contribution is 0.100. The van der Waals surface area contributed by atoms with Crippen molar-refractivity contribution in [3.05, 3.63) is 48.0 Å². The van der Waals surface area contributed by atoms with E-state index in [4.69, 9.17) is 4.74 Å². The highest BCUT2D eigenvalue weighted by Gasteiger charge is 2.16. The molecule has 1 fully saturated rings. The van der Waals surface area contributed by atoms with Crippen LogP contribution in [0.5, 0.6) is 0 Å². The molecule has 0 spiro atoms. The molecule has 1 atom stereocenters. The molecule has 2 aromatic rings. The number of urea groups is 1. The molecule has 2 amide bonds. The van der Waals surface area contributed by atoms with Gasteiger partial charge in [-0.3, -0.25) is 0 Å². The van der Waals surface area contributed by atoms with Gasteiger partial charge in [-0.15, -0.1) is 0 Å². The molecule has 1 aliphatic rings. The number of hydrogen-bond donors (Lipinski definition) is 1. The second-order valence-electron chi connectivity index (χ2n) is 6.63. The number of nitrogens with one attached hydrogen (secondary N) is 1. The van der Waals surface area contributed by atoms with E-state index in [0.717, 1.165) is 43.5 Å². The Morgan fingerprint density at radius 3 is 2.96 bits per heavy atom. The normalized spacial score (nSPS) is 16.6. The van der Waals surface area contributed by atoms with Crippen LogP contribution >= 0.6 is 0 Å². The maximum Gasteiger partial charge on any atom is 0.317 e. The summed E-state index contributed by atoms with van der Waals surface area (Å²) in [4.78, 5) is 13.9. The number of hydrogen-bond acceptors (Lipinski definition) is 3. The van der Waals surface area contributed by atoms with E-state index in [1.54, 1.807) is 35.0 Å². The molecule has 0 unspecified atom stereocenters. The number of amides is 2. The summed E-state index contributed by atoms with van der Waals surface area (Å²) >= 11 is 0. The summed E-state index contributed by atoms with van der Waals surface area (Å²) in [5.41, 5.74) is 1.66. The second kappa shape index (κ2) is 8.80. The van der Waals surface area contributed by atoms with Crippen molar-refractivity contribution in [3.63, 3.8) is 0 Å². The summed E-state index contributed by atoms with van der Waals surface area (Å²) in [6.45, 7) is 1.98. The molecule has 26 heavy (non-hydrogen) atoms. The highest BCUT2D eigenvalue weighted by molar-refractivity contribution is 5.73. The van der Waals surface area contributed by atoms with Gasteiger partial charge < -0.3 is 15.0 Å². The lowest BCUT2D eigenvalue weighted by Crippen LogP contribution is -2.37. The zero-order valence-corrected chi connectivity index (χ0v) is 15.0. The molecule has 1 saturated heterocycles. The third kappa shape index (κ3) is 5.05. The lowest BCUT2D eigenvalue weighted by Gasteiger charge is -2.18. The Morgan fingerprint density at radius 2 is 2.23 bits per heavy atom. The third-order valence-electron chi connectivity index (χ3n) is 4.56. The van der Waals surface area contributed by atoms with Crippen molar-refractivity contribution in [2.24, 2.45) is 0 Å². The predicted molar refractivity (Wildman–Crippen MR) is 96.6 cm³/mol. The van der Waals surface area contributed by atoms with Gasteiger partial charge in [0.25, 0.3) is 0 Å². The standard InChI is InChI=1S/C19H25FN4O2/c1-23(10-2-4-18-5-3-11-26-18)19(25)21-12-15-13-22-24(14-15)17-8-6-16(20)7-9-17/h6-9,13-14,18H,2-5,10-12H2,1H3,(H,21,25)/t18-/m0/s1. The molecule has 0 bridgehead atoms. The van der Waals surface area contributed by atoms with Gasteiger partial charge in [-0.2, -0.15) is 5.10 Å². The SMILES string of the molecule is CN(CCC[C@H]1CCCO1)C(=O)NCc1cnn(-c2ccc(F)cc2)c1. The average molecular weight is 360 g/mol. The van der Waals surface area contributed by atoms with E-state index in [0.29, 0.717) is 19.2 Å². The summed E-state index contributed by atoms with van der Waals surface area (Å²) in [6.07, 6.45) is 8.11. The Hall–Kier alpha value is -2.41. The minimum atomic E-state index is -0.282. The number of nitrogens with zero attached hydrogens (tertiary/aromatic N) is 3. The van der Waals surface area contributed by atoms with Gasteiger partial charge in [0.15, 0.2) is 0 Å². The molecule has 0 radical (unpaired) electrons. The van der Waals surface area contributed by atoms with E-state index < -0.39 is 0 Å². The molecular weight excluding hydrogens is 335 g/mol. The van der Waals surface area contributed by atoms with E-state index in [-0.39, 0.29) is 11.8 Å². The topological polar surface area (TPSA) is 59.4 Å². The van der Waals surface area contributed by atoms with Gasteiger partial charge >= 0.3 is 6.03 Å². The van der Waals surface area contributed by atoms with Gasteiger partial charge in [0.1, 0.15) is 5.82 Å². The van der Waals surface area contributed by atoms with E-state index in [1.807, 2.05) is 6.20 Å². The van der Waals surface area contributed by atoms with Crippen LogP contribution in [0.2, 0.25) is 0 Å². The van der Waals surface area contributed by atoms with Crippen LogP contribution in [0.4, 0.5) is 9.18 Å². The van der Waals surface area contributed by atoms with Crippen molar-refractivity contribution >= 4 is 6.03 Å². The van der Waals surface area contributed by atoms with Crippen molar-refractivity contribution in [1.82, 2.24) is 20.0 Å². The van der Waals surface area contributed by atoms with Crippen LogP contribution in [0.25, 0.3) is 5.69 Å². The summed E-state index contributed by atoms with van der Waals surface area (Å²) in [7, 11) is 1.80. The Bertz CT molecular complexity index is 711. The molecule has 0 aliphatic carbocycles. The highest BCUT2D eigenvalue weighted by atomic mass is 19.1. The van der Waals surface area contributed by atoms with Gasteiger partial charge in [0.2, 0.25) is 0 Å². The quantitative estimate of drug-likeness (QED) is 0.825. The Labute approximate surface area is 152 Å². The molecule has 0 saturated carbocycles. The van der Waals surface area contributed by atoms with E-state index in [9.17, 15) is 9.18 Å². The molecule has 7 heteroatoms. The van der Waals surface area contributed by atoms with E-state index >= 15 is 0 Å². The summed E-state index contributed by atoms with van der Waals surface area (Å²) in [6, 6.07) is 6.00. The minimum Gasteiger partial charge on any atom is -0.378 e. The van der Waals surface area contributed by atoms with Crippen molar-refractivity contribution in [3.8, 4) is 5.69 Å². The molecular formula is C19H25FN4O2. The van der Waals surface area contributed by atoms with Crippen molar-refractivity contribution in [2.75, 3.05) is 20.2 Å². The zero-order valence-electron chi connectivity index (χ0n) is 15.0. The fourth-order valence-corrected chi connectivity index (χ4v) is 3.03. The number of benzene rings is 1. The largest absolute Gasteiger partial charge is 0.378 e. The zero-order chi connectivity index (χ0) is 18.4. The van der Waals surface area contributed by atoms with Crippen LogP contribution in [0, 0.1) is 5.82 Å². The molecule has 6 nitrogen and oxygen atoms in total. The first kappa shape index (κ1) is 18.4. The highest BCUT2D eigenvalue weighted by Crippen LogP contribution is 2.16. The predicted octanol–water partition coefficient (Wildman–Crippen LogP) is 3.11. The maximum absolute atomic E-state index is 13.0. The fourth-order valence-electron chi connectivity index (χ4n) is 3.03. The molecule has 1 N–H and O–H groups in total. The number of ether oxygens (including phenoxy) is 1. The van der Waals surface area contributed by atoms with Crippen molar-refractivity contribution < 1.29 is 13.9 Å². The summed E-state index contributed by atoms with van der Waals surface area (Å²) in [5, 5.41) is 7.14. The average Bonchev–Trinajstić information content (AvgIpc) is 3.32. The Kier molecular flexibility index (Phi) is 6.22. The van der Waals surface area contributed by atoms with Crippen LogP contribution in [0.3, 0.4) is 0 Å². The van der Waals surface area contributed by atoms with Gasteiger partial charge in [0.05, 0.1) is 18.0 Å². The van der Waals surface area contributed by atoms with Crippen LogP contribution in [0.1, 0.15) is 31.2 Å². The summed E-state index contributed by atoms with van der Waals surface area (Å²) < 4.78 is 20.2. The first-order chi connectivity index (χ1) is 12.6. The van der Waals surface area contributed by atoms with Gasteiger partial charge in [-0.25, -0.2) is 13.9 Å². The number of carbonyl (C=O) groups is 1. The second-order valence-corrected chi connectivity index (χ2v) is 6.63. The van der Waals surface area contributed by atoms with Gasteiger partial charge in [-0.05, 0) is 49.9 Å². The van der Waals surface area contributed by atoms with E-state index in [2.05, 4.69) is 10.4 Å². The Morgan fingerprint density at radius 1 is 1.42 bits per heavy atom. The van der Waals surface area contributed by atoms with Gasteiger partial charge in [0, 0.05) is 38.5 Å². The number of halogens is 1. The smallest absolute Gasteiger partial charge is 0.317 e. The van der Waals surface area contributed by atoms with E-state index in [1.165, 1.54) is 12.1 Å². The molecule has 140 valence electrons. The first-order valence-electron chi connectivity index (χ1n) is 9.02. The maximum atomic E-state index is 13.0. The van der Waals surface area contributed by atoms with Crippen LogP contribution in [-0.4, -0.2) is 47.0 Å². The monoisotopic (exact) mass is 360 g/mol. The lowest BCUT2D eigenvalue weighted by atomic mass is 10.1. The molecule has 3 rings (SSSR count). The molecule has 1 aromatic heterocycles. The minimum absolute atomic E-state index is 0.105. The molecule has 1 aliphatic heterocycles. The fraction of sp³-hybridized carbons (Fsp3) is 0.474. The van der Waals surface area contributed by atoms with Crippen molar-refractivity contribution in [2.45, 2.75) is 38.3 Å².